The summed E-state index contributed by atoms with van der Waals surface area (Å²) in [6, 6.07) is 7.61. The summed E-state index contributed by atoms with van der Waals surface area (Å²) in [5.41, 5.74) is 1.20. The number of aryl methyl sites for hydroxylation is 1. The van der Waals surface area contributed by atoms with Crippen molar-refractivity contribution in [3.8, 4) is 0 Å². The van der Waals surface area contributed by atoms with Crippen molar-refractivity contribution in [2.75, 3.05) is 25.1 Å². The Labute approximate surface area is 132 Å². The van der Waals surface area contributed by atoms with Gasteiger partial charge in [-0.2, -0.15) is 0 Å². The lowest BCUT2D eigenvalue weighted by molar-refractivity contribution is -0.0598. The standard InChI is InChI=1S/C17H26N2O3/c1-2-3-4-14-5-7-15(8-6-14)19-16(20)18-13-17(21)9-11-22-12-10-17/h5-8,21H,2-4,9-13H2,1H3,(H2,18,19,20). The lowest BCUT2D eigenvalue weighted by Crippen LogP contribution is -2.47. The minimum absolute atomic E-state index is 0.247. The molecule has 22 heavy (non-hydrogen) atoms. The number of amides is 2. The van der Waals surface area contributed by atoms with Crippen LogP contribution >= 0.6 is 0 Å². The molecule has 1 saturated heterocycles. The average Bonchev–Trinajstić information content (AvgIpc) is 2.53. The molecule has 0 unspecified atom stereocenters. The number of nitrogens with one attached hydrogen (secondary N) is 2. The predicted molar refractivity (Wildman–Crippen MR) is 87.1 cm³/mol. The highest BCUT2D eigenvalue weighted by Crippen LogP contribution is 2.19. The zero-order chi connectivity index (χ0) is 15.8. The quantitative estimate of drug-likeness (QED) is 0.757. The summed E-state index contributed by atoms with van der Waals surface area (Å²) < 4.78 is 5.22. The number of benzene rings is 1. The van der Waals surface area contributed by atoms with E-state index in [1.54, 1.807) is 0 Å². The van der Waals surface area contributed by atoms with Crippen LogP contribution in [0.3, 0.4) is 0 Å². The van der Waals surface area contributed by atoms with Gasteiger partial charge in [0.1, 0.15) is 0 Å². The number of unbranched alkanes of at least 4 members (excludes halogenated alkanes) is 1. The number of ether oxygens (including phenoxy) is 1. The predicted octanol–water partition coefficient (Wildman–Crippen LogP) is 2.69. The maximum absolute atomic E-state index is 11.9. The van der Waals surface area contributed by atoms with E-state index >= 15 is 0 Å². The first-order valence-electron chi connectivity index (χ1n) is 8.05. The Morgan fingerprint density at radius 3 is 2.59 bits per heavy atom. The van der Waals surface area contributed by atoms with Crippen molar-refractivity contribution in [2.45, 2.75) is 44.6 Å². The molecule has 122 valence electrons. The van der Waals surface area contributed by atoms with E-state index < -0.39 is 5.60 Å². The van der Waals surface area contributed by atoms with Crippen LogP contribution in [0.15, 0.2) is 24.3 Å². The summed E-state index contributed by atoms with van der Waals surface area (Å²) in [5.74, 6) is 0. The molecular weight excluding hydrogens is 280 g/mol. The van der Waals surface area contributed by atoms with Crippen LogP contribution in [0.5, 0.6) is 0 Å². The normalized spacial score (nSPS) is 17.0. The molecule has 1 fully saturated rings. The largest absolute Gasteiger partial charge is 0.388 e. The van der Waals surface area contributed by atoms with Crippen molar-refractivity contribution >= 4 is 11.7 Å². The second-order valence-electron chi connectivity index (χ2n) is 5.94. The number of aliphatic hydroxyl groups is 1. The lowest BCUT2D eigenvalue weighted by Gasteiger charge is -2.32. The molecule has 5 nitrogen and oxygen atoms in total. The molecule has 0 spiro atoms. The fourth-order valence-corrected chi connectivity index (χ4v) is 2.48. The van der Waals surface area contributed by atoms with Crippen LogP contribution in [-0.4, -0.2) is 36.5 Å². The maximum atomic E-state index is 11.9. The SMILES string of the molecule is CCCCc1ccc(NC(=O)NCC2(O)CCOCC2)cc1. The first-order chi connectivity index (χ1) is 10.6. The van der Waals surface area contributed by atoms with E-state index in [2.05, 4.69) is 17.6 Å². The summed E-state index contributed by atoms with van der Waals surface area (Å²) in [5, 5.41) is 15.8. The molecular formula is C17H26N2O3. The molecule has 0 bridgehead atoms. The van der Waals surface area contributed by atoms with Gasteiger partial charge in [-0.1, -0.05) is 25.5 Å². The molecule has 0 saturated carbocycles. The average molecular weight is 306 g/mol. The van der Waals surface area contributed by atoms with Gasteiger partial charge in [0.2, 0.25) is 0 Å². The number of rotatable bonds is 6. The Morgan fingerprint density at radius 1 is 1.27 bits per heavy atom. The van der Waals surface area contributed by atoms with Crippen LogP contribution in [0, 0.1) is 0 Å². The van der Waals surface area contributed by atoms with E-state index in [1.807, 2.05) is 24.3 Å². The maximum Gasteiger partial charge on any atom is 0.319 e. The highest BCUT2D eigenvalue weighted by atomic mass is 16.5. The van der Waals surface area contributed by atoms with E-state index in [0.717, 1.165) is 12.1 Å². The zero-order valence-electron chi connectivity index (χ0n) is 13.2. The van der Waals surface area contributed by atoms with Crippen molar-refractivity contribution < 1.29 is 14.6 Å². The second-order valence-corrected chi connectivity index (χ2v) is 5.94. The Balaban J connectivity index is 1.76. The molecule has 1 aromatic carbocycles. The zero-order valence-corrected chi connectivity index (χ0v) is 13.2. The van der Waals surface area contributed by atoms with Gasteiger partial charge in [-0.05, 0) is 30.5 Å². The Morgan fingerprint density at radius 2 is 1.95 bits per heavy atom. The van der Waals surface area contributed by atoms with Crippen molar-refractivity contribution in [2.24, 2.45) is 0 Å². The van der Waals surface area contributed by atoms with E-state index in [9.17, 15) is 9.90 Å². The highest BCUT2D eigenvalue weighted by molar-refractivity contribution is 5.89. The molecule has 1 aliphatic heterocycles. The van der Waals surface area contributed by atoms with E-state index in [0.29, 0.717) is 26.1 Å². The summed E-state index contributed by atoms with van der Waals surface area (Å²) >= 11 is 0. The van der Waals surface area contributed by atoms with Crippen molar-refractivity contribution in [1.29, 1.82) is 0 Å². The molecule has 0 aliphatic carbocycles. The van der Waals surface area contributed by atoms with Gasteiger partial charge < -0.3 is 20.5 Å². The molecule has 1 heterocycles. The smallest absolute Gasteiger partial charge is 0.319 e. The van der Waals surface area contributed by atoms with Gasteiger partial charge in [0.25, 0.3) is 0 Å². The number of anilines is 1. The van der Waals surface area contributed by atoms with E-state index in [1.165, 1.54) is 18.4 Å². The Hall–Kier alpha value is -1.59. The van der Waals surface area contributed by atoms with Crippen LogP contribution in [0.25, 0.3) is 0 Å². The van der Waals surface area contributed by atoms with Crippen LogP contribution < -0.4 is 10.6 Å². The molecule has 2 amide bonds. The minimum Gasteiger partial charge on any atom is -0.388 e. The number of urea groups is 1. The van der Waals surface area contributed by atoms with Crippen molar-refractivity contribution in [3.63, 3.8) is 0 Å². The number of carbonyl (C=O) groups excluding carboxylic acids is 1. The van der Waals surface area contributed by atoms with Crippen LogP contribution in [0.1, 0.15) is 38.2 Å². The first-order valence-corrected chi connectivity index (χ1v) is 8.05. The third kappa shape index (κ3) is 5.31. The van der Waals surface area contributed by atoms with Gasteiger partial charge in [-0.3, -0.25) is 0 Å². The molecule has 5 heteroatoms. The van der Waals surface area contributed by atoms with Gasteiger partial charge in [-0.15, -0.1) is 0 Å². The highest BCUT2D eigenvalue weighted by Gasteiger charge is 2.30. The summed E-state index contributed by atoms with van der Waals surface area (Å²) in [6.45, 7) is 3.50. The van der Waals surface area contributed by atoms with Gasteiger partial charge >= 0.3 is 6.03 Å². The molecule has 0 atom stereocenters. The van der Waals surface area contributed by atoms with Gasteiger partial charge in [0, 0.05) is 38.3 Å². The summed E-state index contributed by atoms with van der Waals surface area (Å²) in [4.78, 5) is 11.9. The van der Waals surface area contributed by atoms with Gasteiger partial charge in [0.05, 0.1) is 5.60 Å². The topological polar surface area (TPSA) is 70.6 Å². The monoisotopic (exact) mass is 306 g/mol. The fraction of sp³-hybridized carbons (Fsp3) is 0.588. The molecule has 0 radical (unpaired) electrons. The van der Waals surface area contributed by atoms with Crippen LogP contribution in [0.2, 0.25) is 0 Å². The van der Waals surface area contributed by atoms with Crippen LogP contribution in [-0.2, 0) is 11.2 Å². The van der Waals surface area contributed by atoms with Crippen molar-refractivity contribution in [3.05, 3.63) is 29.8 Å². The van der Waals surface area contributed by atoms with E-state index in [4.69, 9.17) is 4.74 Å². The third-order valence-electron chi connectivity index (χ3n) is 4.03. The number of hydrogen-bond donors (Lipinski definition) is 3. The fourth-order valence-electron chi connectivity index (χ4n) is 2.48. The lowest BCUT2D eigenvalue weighted by atomic mass is 9.94. The summed E-state index contributed by atoms with van der Waals surface area (Å²) in [7, 11) is 0. The first kappa shape index (κ1) is 16.8. The number of hydrogen-bond acceptors (Lipinski definition) is 3. The third-order valence-corrected chi connectivity index (χ3v) is 4.03. The number of carbonyl (C=O) groups is 1. The molecule has 2 rings (SSSR count). The summed E-state index contributed by atoms with van der Waals surface area (Å²) in [6.07, 6.45) is 4.53. The molecule has 1 aromatic rings. The second kappa shape index (κ2) is 8.15. The minimum atomic E-state index is -0.848. The van der Waals surface area contributed by atoms with E-state index in [-0.39, 0.29) is 12.6 Å². The molecule has 1 aliphatic rings. The molecule has 3 N–H and O–H groups in total. The van der Waals surface area contributed by atoms with Crippen LogP contribution in [0.4, 0.5) is 10.5 Å². The van der Waals surface area contributed by atoms with Crippen molar-refractivity contribution in [1.82, 2.24) is 5.32 Å². The van der Waals surface area contributed by atoms with Gasteiger partial charge in [0.15, 0.2) is 0 Å². The molecule has 0 aromatic heterocycles. The Bertz CT molecular complexity index is 467. The Kier molecular flexibility index (Phi) is 6.21. The van der Waals surface area contributed by atoms with Gasteiger partial charge in [-0.25, -0.2) is 4.79 Å².